The Labute approximate surface area is 137 Å². The molecule has 0 spiro atoms. The molecule has 23 heavy (non-hydrogen) atoms. The molecule has 0 heterocycles. The van der Waals surface area contributed by atoms with E-state index in [1.54, 1.807) is 6.08 Å². The Morgan fingerprint density at radius 1 is 1.13 bits per heavy atom. The van der Waals surface area contributed by atoms with Crippen LogP contribution in [0.2, 0.25) is 0 Å². The fourth-order valence-corrected chi connectivity index (χ4v) is 6.62. The highest BCUT2D eigenvalue weighted by Gasteiger charge is 2.65. The number of hydrogen-bond donors (Lipinski definition) is 2. The Bertz CT molecular complexity index is 612. The van der Waals surface area contributed by atoms with Crippen molar-refractivity contribution >= 4 is 11.6 Å². The minimum atomic E-state index is -0.375. The van der Waals surface area contributed by atoms with Crippen LogP contribution < -0.4 is 5.73 Å². The second-order valence-electron chi connectivity index (χ2n) is 8.59. The molecule has 3 saturated carbocycles. The molecule has 0 saturated heterocycles. The van der Waals surface area contributed by atoms with E-state index in [-0.39, 0.29) is 40.6 Å². The first-order valence-electron chi connectivity index (χ1n) is 9.04. The van der Waals surface area contributed by atoms with Crippen LogP contribution >= 0.6 is 0 Å². The van der Waals surface area contributed by atoms with Gasteiger partial charge in [-0.2, -0.15) is 0 Å². The summed E-state index contributed by atoms with van der Waals surface area (Å²) in [5, 5.41) is 10.3. The van der Waals surface area contributed by atoms with Gasteiger partial charge in [0.2, 0.25) is 0 Å². The Balaban J connectivity index is 1.79. The molecule has 0 aromatic carbocycles. The van der Waals surface area contributed by atoms with Gasteiger partial charge in [-0.05, 0) is 56.4 Å². The molecule has 126 valence electrons. The zero-order valence-electron chi connectivity index (χ0n) is 13.9. The van der Waals surface area contributed by atoms with E-state index in [0.717, 1.165) is 44.1 Å². The molecule has 4 nitrogen and oxygen atoms in total. The predicted octanol–water partition coefficient (Wildman–Crippen LogP) is 2.14. The Morgan fingerprint density at radius 2 is 1.91 bits per heavy atom. The SMILES string of the molecule is C[C@]12CC[C@@H]3C4(CO)CCC(=O)C=C4CCC3(N)[C@@H]1CCC2=O. The third-order valence-electron chi connectivity index (χ3n) is 7.88. The van der Waals surface area contributed by atoms with E-state index in [1.165, 1.54) is 0 Å². The van der Waals surface area contributed by atoms with Gasteiger partial charge < -0.3 is 10.8 Å². The smallest absolute Gasteiger partial charge is 0.155 e. The van der Waals surface area contributed by atoms with E-state index in [4.69, 9.17) is 5.73 Å². The molecule has 4 aliphatic rings. The van der Waals surface area contributed by atoms with E-state index in [9.17, 15) is 14.7 Å². The second-order valence-corrected chi connectivity index (χ2v) is 8.59. The van der Waals surface area contributed by atoms with Crippen molar-refractivity contribution in [3.8, 4) is 0 Å². The molecule has 4 aliphatic carbocycles. The summed E-state index contributed by atoms with van der Waals surface area (Å²) in [7, 11) is 0. The quantitative estimate of drug-likeness (QED) is 0.776. The lowest BCUT2D eigenvalue weighted by Gasteiger charge is -2.62. The second kappa shape index (κ2) is 4.76. The molecular weight excluding hydrogens is 290 g/mol. The van der Waals surface area contributed by atoms with Crippen molar-refractivity contribution in [3.63, 3.8) is 0 Å². The number of carbonyl (C=O) groups excluding carboxylic acids is 2. The number of rotatable bonds is 1. The lowest BCUT2D eigenvalue weighted by atomic mass is 9.44. The van der Waals surface area contributed by atoms with Crippen molar-refractivity contribution in [2.45, 2.75) is 63.8 Å². The van der Waals surface area contributed by atoms with Crippen LogP contribution in [0.25, 0.3) is 0 Å². The molecule has 0 amide bonds. The summed E-state index contributed by atoms with van der Waals surface area (Å²) in [5.41, 5.74) is 7.17. The first kappa shape index (κ1) is 15.5. The van der Waals surface area contributed by atoms with Crippen LogP contribution in [0.1, 0.15) is 58.3 Å². The highest BCUT2D eigenvalue weighted by Crippen LogP contribution is 2.65. The molecular formula is C19H27NO3. The van der Waals surface area contributed by atoms with Gasteiger partial charge in [-0.15, -0.1) is 0 Å². The number of carbonyl (C=O) groups is 2. The van der Waals surface area contributed by atoms with Gasteiger partial charge in [0.1, 0.15) is 5.78 Å². The average Bonchev–Trinajstić information content (AvgIpc) is 2.84. The topological polar surface area (TPSA) is 80.4 Å². The fraction of sp³-hybridized carbons (Fsp3) is 0.789. The van der Waals surface area contributed by atoms with Crippen LogP contribution in [0.3, 0.4) is 0 Å². The Morgan fingerprint density at radius 3 is 2.65 bits per heavy atom. The summed E-state index contributed by atoms with van der Waals surface area (Å²) in [6.07, 6.45) is 7.96. The van der Waals surface area contributed by atoms with E-state index >= 15 is 0 Å². The van der Waals surface area contributed by atoms with Gasteiger partial charge in [0, 0.05) is 29.2 Å². The van der Waals surface area contributed by atoms with Gasteiger partial charge in [0.05, 0.1) is 6.61 Å². The fourth-order valence-electron chi connectivity index (χ4n) is 6.62. The van der Waals surface area contributed by atoms with E-state index < -0.39 is 0 Å². The summed E-state index contributed by atoms with van der Waals surface area (Å²) < 4.78 is 0. The highest BCUT2D eigenvalue weighted by molar-refractivity contribution is 5.92. The first-order chi connectivity index (χ1) is 10.9. The van der Waals surface area contributed by atoms with Gasteiger partial charge >= 0.3 is 0 Å². The molecule has 3 fully saturated rings. The van der Waals surface area contributed by atoms with E-state index in [0.29, 0.717) is 18.6 Å². The van der Waals surface area contributed by atoms with Gasteiger partial charge in [-0.25, -0.2) is 0 Å². The number of Topliss-reactive ketones (excluding diaryl/α,β-unsaturated/α-hetero) is 1. The Kier molecular flexibility index (Phi) is 3.21. The molecule has 2 unspecified atom stereocenters. The van der Waals surface area contributed by atoms with E-state index in [2.05, 4.69) is 6.92 Å². The summed E-state index contributed by atoms with van der Waals surface area (Å²) in [6, 6.07) is 0. The molecule has 0 aromatic heterocycles. The molecule has 0 bridgehead atoms. The standard InChI is InChI=1S/C19H27NO3/c1-17-7-6-15-18(11-21)8-5-13(22)10-12(18)4-9-19(15,20)14(17)2-3-16(17)23/h10,14-15,21H,2-9,11,20H2,1H3/t14-,15-,17+,18?,19?/m1/s1. The zero-order valence-corrected chi connectivity index (χ0v) is 13.9. The number of hydrogen-bond acceptors (Lipinski definition) is 4. The monoisotopic (exact) mass is 317 g/mol. The van der Waals surface area contributed by atoms with Crippen molar-refractivity contribution in [1.29, 1.82) is 0 Å². The molecule has 4 heteroatoms. The molecule has 0 radical (unpaired) electrons. The molecule has 4 rings (SSSR count). The predicted molar refractivity (Wildman–Crippen MR) is 86.6 cm³/mol. The van der Waals surface area contributed by atoms with Crippen molar-refractivity contribution in [2.24, 2.45) is 28.4 Å². The maximum Gasteiger partial charge on any atom is 0.155 e. The summed E-state index contributed by atoms with van der Waals surface area (Å²) in [4.78, 5) is 24.3. The van der Waals surface area contributed by atoms with Crippen LogP contribution in [-0.2, 0) is 9.59 Å². The van der Waals surface area contributed by atoms with Crippen LogP contribution in [0.5, 0.6) is 0 Å². The largest absolute Gasteiger partial charge is 0.395 e. The maximum absolute atomic E-state index is 12.5. The first-order valence-corrected chi connectivity index (χ1v) is 9.04. The van der Waals surface area contributed by atoms with Crippen LogP contribution in [-0.4, -0.2) is 28.8 Å². The minimum absolute atomic E-state index is 0.0765. The third kappa shape index (κ3) is 1.79. The van der Waals surface area contributed by atoms with Crippen LogP contribution in [0.15, 0.2) is 11.6 Å². The summed E-state index contributed by atoms with van der Waals surface area (Å²) >= 11 is 0. The average molecular weight is 317 g/mol. The van der Waals surface area contributed by atoms with Crippen molar-refractivity contribution in [2.75, 3.05) is 6.61 Å². The molecule has 0 aromatic rings. The van der Waals surface area contributed by atoms with Crippen molar-refractivity contribution in [3.05, 3.63) is 11.6 Å². The number of ketones is 2. The van der Waals surface area contributed by atoms with Gasteiger partial charge in [0.15, 0.2) is 5.78 Å². The zero-order chi connectivity index (χ0) is 16.5. The van der Waals surface area contributed by atoms with Gasteiger partial charge in [0.25, 0.3) is 0 Å². The summed E-state index contributed by atoms with van der Waals surface area (Å²) in [5.74, 6) is 0.982. The lowest BCUT2D eigenvalue weighted by molar-refractivity contribution is -0.136. The highest BCUT2D eigenvalue weighted by atomic mass is 16.3. The number of nitrogens with two attached hydrogens (primary N) is 1. The van der Waals surface area contributed by atoms with Crippen LogP contribution in [0, 0.1) is 22.7 Å². The van der Waals surface area contributed by atoms with Gasteiger partial charge in [-0.1, -0.05) is 12.5 Å². The normalized spacial score (nSPS) is 49.3. The Hall–Kier alpha value is -1.00. The molecule has 0 aliphatic heterocycles. The van der Waals surface area contributed by atoms with E-state index in [1.807, 2.05) is 0 Å². The van der Waals surface area contributed by atoms with Crippen molar-refractivity contribution in [1.82, 2.24) is 0 Å². The minimum Gasteiger partial charge on any atom is -0.395 e. The maximum atomic E-state index is 12.5. The number of aliphatic hydroxyl groups is 1. The molecule has 5 atom stereocenters. The lowest BCUT2D eigenvalue weighted by Crippen LogP contribution is -2.67. The third-order valence-corrected chi connectivity index (χ3v) is 7.88. The van der Waals surface area contributed by atoms with Gasteiger partial charge in [-0.3, -0.25) is 9.59 Å². The number of fused-ring (bicyclic) bond motifs is 5. The molecule has 3 N–H and O–H groups in total. The van der Waals surface area contributed by atoms with Crippen LogP contribution in [0.4, 0.5) is 0 Å². The summed E-state index contributed by atoms with van der Waals surface area (Å²) in [6.45, 7) is 2.19. The number of aliphatic hydroxyl groups excluding tert-OH is 1. The van der Waals surface area contributed by atoms with Crippen molar-refractivity contribution < 1.29 is 14.7 Å².